The number of nitrogens with two attached hydrogens (primary N) is 1. The van der Waals surface area contributed by atoms with Crippen molar-refractivity contribution in [3.05, 3.63) is 47.3 Å². The molecule has 0 bridgehead atoms. The minimum Gasteiger partial charge on any atom is -0.382 e. The van der Waals surface area contributed by atoms with E-state index in [1.54, 1.807) is 12.1 Å². The van der Waals surface area contributed by atoms with Crippen LogP contribution in [0, 0.1) is 5.82 Å². The lowest BCUT2D eigenvalue weighted by Crippen LogP contribution is -2.49. The first-order valence-electron chi connectivity index (χ1n) is 7.76. The van der Waals surface area contributed by atoms with Crippen LogP contribution in [0.2, 0.25) is 0 Å². The fourth-order valence-electron chi connectivity index (χ4n) is 2.78. The number of carbonyl (C=O) groups excluding carboxylic acids is 1. The Labute approximate surface area is 146 Å². The van der Waals surface area contributed by atoms with Crippen molar-refractivity contribution in [2.24, 2.45) is 0 Å². The maximum atomic E-state index is 14.0. The van der Waals surface area contributed by atoms with Gasteiger partial charge in [0.2, 0.25) is 0 Å². The lowest BCUT2D eigenvalue weighted by Gasteiger charge is -2.35. The molecule has 2 heterocycles. The van der Waals surface area contributed by atoms with Gasteiger partial charge in [0.05, 0.1) is 11.1 Å². The number of hydrogen-bond acceptors (Lipinski definition) is 5. The SMILES string of the molecule is Nc1ccc(N2CCN(C(=O)c3c(F)cccc3C(F)(F)F)CC2)nn1. The zero-order valence-electron chi connectivity index (χ0n) is 13.5. The van der Waals surface area contributed by atoms with Gasteiger partial charge in [-0.3, -0.25) is 4.79 Å². The van der Waals surface area contributed by atoms with Crippen LogP contribution in [0.1, 0.15) is 15.9 Å². The van der Waals surface area contributed by atoms with Crippen molar-refractivity contribution in [2.45, 2.75) is 6.18 Å². The summed E-state index contributed by atoms with van der Waals surface area (Å²) < 4.78 is 53.3. The molecule has 3 rings (SSSR count). The Kier molecular flexibility index (Phi) is 4.66. The highest BCUT2D eigenvalue weighted by Gasteiger charge is 2.38. The van der Waals surface area contributed by atoms with Gasteiger partial charge in [-0.05, 0) is 24.3 Å². The third-order valence-corrected chi connectivity index (χ3v) is 4.09. The van der Waals surface area contributed by atoms with Gasteiger partial charge in [0, 0.05) is 26.2 Å². The Morgan fingerprint density at radius 2 is 1.73 bits per heavy atom. The number of nitrogen functional groups attached to an aromatic ring is 1. The first kappa shape index (κ1) is 17.9. The van der Waals surface area contributed by atoms with Crippen molar-refractivity contribution in [2.75, 3.05) is 36.8 Å². The van der Waals surface area contributed by atoms with Crippen molar-refractivity contribution in [1.82, 2.24) is 15.1 Å². The number of amides is 1. The third kappa shape index (κ3) is 3.53. The van der Waals surface area contributed by atoms with Crippen LogP contribution in [0.25, 0.3) is 0 Å². The van der Waals surface area contributed by atoms with E-state index < -0.39 is 29.0 Å². The molecule has 1 aliphatic rings. The molecule has 0 radical (unpaired) electrons. The van der Waals surface area contributed by atoms with Gasteiger partial charge in [-0.1, -0.05) is 6.07 Å². The smallest absolute Gasteiger partial charge is 0.382 e. The number of rotatable bonds is 2. The first-order chi connectivity index (χ1) is 12.3. The molecule has 1 amide bonds. The molecule has 2 N–H and O–H groups in total. The molecule has 1 saturated heterocycles. The van der Waals surface area contributed by atoms with E-state index >= 15 is 0 Å². The molecule has 1 aliphatic heterocycles. The van der Waals surface area contributed by atoms with Gasteiger partial charge < -0.3 is 15.5 Å². The summed E-state index contributed by atoms with van der Waals surface area (Å²) in [6, 6.07) is 5.74. The molecular weight excluding hydrogens is 354 g/mol. The Bertz CT molecular complexity index is 801. The first-order valence-corrected chi connectivity index (χ1v) is 7.76. The number of alkyl halides is 3. The van der Waals surface area contributed by atoms with E-state index in [-0.39, 0.29) is 18.9 Å². The molecule has 1 aromatic carbocycles. The Morgan fingerprint density at radius 1 is 1.04 bits per heavy atom. The van der Waals surface area contributed by atoms with Crippen LogP contribution >= 0.6 is 0 Å². The Morgan fingerprint density at radius 3 is 2.31 bits per heavy atom. The molecule has 6 nitrogen and oxygen atoms in total. The molecule has 1 fully saturated rings. The lowest BCUT2D eigenvalue weighted by atomic mass is 10.0. The lowest BCUT2D eigenvalue weighted by molar-refractivity contribution is -0.138. The topological polar surface area (TPSA) is 75.3 Å². The van der Waals surface area contributed by atoms with E-state index in [0.29, 0.717) is 25.0 Å². The van der Waals surface area contributed by atoms with Gasteiger partial charge in [0.15, 0.2) is 5.82 Å². The van der Waals surface area contributed by atoms with Crippen LogP contribution in [-0.4, -0.2) is 47.2 Å². The fraction of sp³-hybridized carbons (Fsp3) is 0.312. The van der Waals surface area contributed by atoms with Gasteiger partial charge in [-0.15, -0.1) is 10.2 Å². The van der Waals surface area contributed by atoms with Gasteiger partial charge in [0.1, 0.15) is 11.6 Å². The van der Waals surface area contributed by atoms with Gasteiger partial charge in [-0.25, -0.2) is 4.39 Å². The molecule has 0 spiro atoms. The van der Waals surface area contributed by atoms with E-state index in [0.717, 1.165) is 12.1 Å². The summed E-state index contributed by atoms with van der Waals surface area (Å²) in [5.41, 5.74) is 3.26. The van der Waals surface area contributed by atoms with Crippen molar-refractivity contribution in [3.8, 4) is 0 Å². The summed E-state index contributed by atoms with van der Waals surface area (Å²) in [6.45, 7) is 0.938. The summed E-state index contributed by atoms with van der Waals surface area (Å²) in [5, 5.41) is 7.67. The molecule has 1 aromatic heterocycles. The second-order valence-electron chi connectivity index (χ2n) is 5.76. The van der Waals surface area contributed by atoms with Crippen molar-refractivity contribution in [3.63, 3.8) is 0 Å². The summed E-state index contributed by atoms with van der Waals surface area (Å²) in [4.78, 5) is 15.5. The normalized spacial score (nSPS) is 15.2. The second kappa shape index (κ2) is 6.77. The molecule has 138 valence electrons. The number of hydrogen-bond donors (Lipinski definition) is 1. The summed E-state index contributed by atoms with van der Waals surface area (Å²) in [5.74, 6) is -1.34. The minimum absolute atomic E-state index is 0.135. The van der Waals surface area contributed by atoms with Gasteiger partial charge in [-0.2, -0.15) is 13.2 Å². The van der Waals surface area contributed by atoms with Crippen molar-refractivity contribution >= 4 is 17.5 Å². The van der Waals surface area contributed by atoms with E-state index in [4.69, 9.17) is 5.73 Å². The maximum absolute atomic E-state index is 14.0. The minimum atomic E-state index is -4.81. The molecule has 10 heteroatoms. The van der Waals surface area contributed by atoms with E-state index in [9.17, 15) is 22.4 Å². The zero-order chi connectivity index (χ0) is 18.9. The van der Waals surface area contributed by atoms with E-state index in [1.807, 2.05) is 4.90 Å². The molecule has 2 aromatic rings. The largest absolute Gasteiger partial charge is 0.417 e. The van der Waals surface area contributed by atoms with E-state index in [1.165, 1.54) is 4.90 Å². The van der Waals surface area contributed by atoms with Gasteiger partial charge >= 0.3 is 6.18 Å². The highest BCUT2D eigenvalue weighted by Crippen LogP contribution is 2.33. The average Bonchev–Trinajstić information content (AvgIpc) is 2.61. The second-order valence-corrected chi connectivity index (χ2v) is 5.76. The fourth-order valence-corrected chi connectivity index (χ4v) is 2.78. The van der Waals surface area contributed by atoms with Crippen LogP contribution < -0.4 is 10.6 Å². The van der Waals surface area contributed by atoms with Crippen LogP contribution in [0.3, 0.4) is 0 Å². The Balaban J connectivity index is 1.76. The number of anilines is 2. The number of piperazine rings is 1. The zero-order valence-corrected chi connectivity index (χ0v) is 13.5. The monoisotopic (exact) mass is 369 g/mol. The predicted octanol–water partition coefficient (Wildman–Crippen LogP) is 2.18. The molecule has 0 aliphatic carbocycles. The van der Waals surface area contributed by atoms with Gasteiger partial charge in [0.25, 0.3) is 5.91 Å². The molecule has 0 saturated carbocycles. The molecule has 26 heavy (non-hydrogen) atoms. The van der Waals surface area contributed by atoms with Crippen molar-refractivity contribution in [1.29, 1.82) is 0 Å². The average molecular weight is 369 g/mol. The maximum Gasteiger partial charge on any atom is 0.417 e. The van der Waals surface area contributed by atoms with Crippen molar-refractivity contribution < 1.29 is 22.4 Å². The number of nitrogens with zero attached hydrogens (tertiary/aromatic N) is 4. The highest BCUT2D eigenvalue weighted by atomic mass is 19.4. The quantitative estimate of drug-likeness (QED) is 0.822. The van der Waals surface area contributed by atoms with Crippen LogP contribution in [0.15, 0.2) is 30.3 Å². The summed E-state index contributed by atoms with van der Waals surface area (Å²) in [6.07, 6.45) is -4.81. The predicted molar refractivity (Wildman–Crippen MR) is 86.0 cm³/mol. The summed E-state index contributed by atoms with van der Waals surface area (Å²) in [7, 11) is 0. The standard InChI is InChI=1S/C16H15F4N5O/c17-11-3-1-2-10(16(18,19)20)14(11)15(26)25-8-6-24(7-9-25)13-5-4-12(21)22-23-13/h1-5H,6-9H2,(H2,21,22). The van der Waals surface area contributed by atoms with Crippen LogP contribution in [0.5, 0.6) is 0 Å². The van der Waals surface area contributed by atoms with E-state index in [2.05, 4.69) is 10.2 Å². The third-order valence-electron chi connectivity index (χ3n) is 4.09. The van der Waals surface area contributed by atoms with Crippen LogP contribution in [-0.2, 0) is 6.18 Å². The molecule has 0 unspecified atom stereocenters. The summed E-state index contributed by atoms with van der Waals surface area (Å²) >= 11 is 0. The molecular formula is C16H15F4N5O. The molecule has 0 atom stereocenters. The highest BCUT2D eigenvalue weighted by molar-refractivity contribution is 5.96. The number of halogens is 4. The van der Waals surface area contributed by atoms with Crippen LogP contribution in [0.4, 0.5) is 29.2 Å². The number of benzene rings is 1. The number of aromatic nitrogens is 2. The number of carbonyl (C=O) groups is 1. The Hall–Kier alpha value is -2.91.